The van der Waals surface area contributed by atoms with Crippen molar-refractivity contribution in [3.8, 4) is 0 Å². The zero-order chi connectivity index (χ0) is 12.9. The summed E-state index contributed by atoms with van der Waals surface area (Å²) < 4.78 is 13.1. The highest BCUT2D eigenvalue weighted by Gasteiger charge is 2.61. The van der Waals surface area contributed by atoms with E-state index >= 15 is 0 Å². The fourth-order valence-electron chi connectivity index (χ4n) is 4.27. The Morgan fingerprint density at radius 1 is 1.22 bits per heavy atom. The number of hydrogen-bond acceptors (Lipinski definition) is 2. The van der Waals surface area contributed by atoms with Crippen molar-refractivity contribution in [2.24, 2.45) is 11.8 Å². The topological polar surface area (TPSA) is 32.3 Å². The molecule has 2 N–H and O–H groups in total. The predicted octanol–water partition coefficient (Wildman–Crippen LogP) is 2.07. The number of hydrogen-bond donors (Lipinski definition) is 2. The Morgan fingerprint density at radius 2 is 1.78 bits per heavy atom. The van der Waals surface area contributed by atoms with E-state index in [4.69, 9.17) is 0 Å². The van der Waals surface area contributed by atoms with E-state index in [1.807, 2.05) is 12.1 Å². The van der Waals surface area contributed by atoms with Crippen molar-refractivity contribution in [3.63, 3.8) is 0 Å². The van der Waals surface area contributed by atoms with Gasteiger partial charge >= 0.3 is 0 Å². The number of aliphatic hydroxyl groups excluding tert-OH is 1. The molecule has 1 aliphatic carbocycles. The van der Waals surface area contributed by atoms with Gasteiger partial charge in [0.15, 0.2) is 0 Å². The summed E-state index contributed by atoms with van der Waals surface area (Å²) in [5.41, 5.74) is 0.922. The number of fused-ring (bicyclic) bond motifs is 2. The van der Waals surface area contributed by atoms with Crippen LogP contribution in [-0.2, 0) is 5.41 Å². The van der Waals surface area contributed by atoms with Crippen LogP contribution >= 0.6 is 0 Å². The molecule has 0 amide bonds. The van der Waals surface area contributed by atoms with Crippen LogP contribution in [0, 0.1) is 17.7 Å². The average molecular weight is 249 g/mol. The molecule has 1 aromatic carbocycles. The Balaban J connectivity index is 2.03. The summed E-state index contributed by atoms with van der Waals surface area (Å²) in [7, 11) is 0. The maximum atomic E-state index is 13.1. The van der Waals surface area contributed by atoms with Crippen LogP contribution in [0.3, 0.4) is 0 Å². The fourth-order valence-corrected chi connectivity index (χ4v) is 4.27. The minimum absolute atomic E-state index is 0.157. The summed E-state index contributed by atoms with van der Waals surface area (Å²) in [5.74, 6) is 0.693. The van der Waals surface area contributed by atoms with Gasteiger partial charge in [0.05, 0.1) is 6.61 Å². The van der Waals surface area contributed by atoms with Crippen LogP contribution in [0.2, 0.25) is 0 Å². The molecule has 18 heavy (non-hydrogen) atoms. The van der Waals surface area contributed by atoms with Crippen molar-refractivity contribution < 1.29 is 9.50 Å². The minimum Gasteiger partial charge on any atom is -0.395 e. The highest BCUT2D eigenvalue weighted by molar-refractivity contribution is 5.35. The molecule has 2 heterocycles. The number of halogens is 1. The Labute approximate surface area is 107 Å². The summed E-state index contributed by atoms with van der Waals surface area (Å²) in [6, 6.07) is 7.50. The second-order valence-electron chi connectivity index (χ2n) is 5.90. The molecule has 0 spiro atoms. The zero-order valence-electron chi connectivity index (χ0n) is 10.9. The lowest BCUT2D eigenvalue weighted by Gasteiger charge is -2.64. The molecule has 3 heteroatoms. The average Bonchev–Trinajstić information content (AvgIpc) is 2.31. The first-order valence-electron chi connectivity index (χ1n) is 6.72. The van der Waals surface area contributed by atoms with Crippen LogP contribution in [0.1, 0.15) is 25.8 Å². The zero-order valence-corrected chi connectivity index (χ0v) is 10.9. The van der Waals surface area contributed by atoms with Crippen molar-refractivity contribution in [2.75, 3.05) is 6.61 Å². The van der Waals surface area contributed by atoms with E-state index in [9.17, 15) is 9.50 Å². The number of benzene rings is 1. The van der Waals surface area contributed by atoms with E-state index in [0.29, 0.717) is 23.9 Å². The number of aliphatic hydroxyl groups is 1. The van der Waals surface area contributed by atoms with Crippen molar-refractivity contribution in [3.05, 3.63) is 35.6 Å². The highest BCUT2D eigenvalue weighted by Crippen LogP contribution is 2.58. The molecule has 4 unspecified atom stereocenters. The van der Waals surface area contributed by atoms with Crippen LogP contribution in [0.25, 0.3) is 0 Å². The predicted molar refractivity (Wildman–Crippen MR) is 68.8 cm³/mol. The highest BCUT2D eigenvalue weighted by atomic mass is 19.1. The summed E-state index contributed by atoms with van der Waals surface area (Å²) >= 11 is 0. The summed E-state index contributed by atoms with van der Waals surface area (Å²) in [6.07, 6.45) is 1.16. The maximum Gasteiger partial charge on any atom is 0.123 e. The third-order valence-electron chi connectivity index (χ3n) is 5.21. The first-order chi connectivity index (χ1) is 8.59. The van der Waals surface area contributed by atoms with Gasteiger partial charge in [0.2, 0.25) is 0 Å². The molecule has 2 nitrogen and oxygen atoms in total. The number of rotatable bonds is 2. The first-order valence-corrected chi connectivity index (χ1v) is 6.72. The van der Waals surface area contributed by atoms with E-state index in [2.05, 4.69) is 19.2 Å². The molecule has 1 aromatic rings. The summed E-state index contributed by atoms with van der Waals surface area (Å²) in [4.78, 5) is 0. The molecule has 2 saturated heterocycles. The van der Waals surface area contributed by atoms with Crippen molar-refractivity contribution in [1.29, 1.82) is 0 Å². The molecular formula is C15H20FNO. The summed E-state index contributed by atoms with van der Waals surface area (Å²) in [6.45, 7) is 4.53. The second kappa shape index (κ2) is 4.04. The van der Waals surface area contributed by atoms with E-state index in [-0.39, 0.29) is 17.8 Å². The molecule has 4 atom stereocenters. The van der Waals surface area contributed by atoms with Gasteiger partial charge in [-0.15, -0.1) is 0 Å². The summed E-state index contributed by atoms with van der Waals surface area (Å²) in [5, 5.41) is 13.5. The molecule has 98 valence electrons. The quantitative estimate of drug-likeness (QED) is 0.841. The third-order valence-corrected chi connectivity index (χ3v) is 5.21. The Bertz CT molecular complexity index is 430. The fraction of sp³-hybridized carbons (Fsp3) is 0.600. The van der Waals surface area contributed by atoms with Crippen LogP contribution in [0.15, 0.2) is 24.3 Å². The Morgan fingerprint density at radius 3 is 2.22 bits per heavy atom. The van der Waals surface area contributed by atoms with E-state index in [1.54, 1.807) is 0 Å². The van der Waals surface area contributed by atoms with Crippen LogP contribution in [-0.4, -0.2) is 23.8 Å². The van der Waals surface area contributed by atoms with Gasteiger partial charge in [-0.1, -0.05) is 12.1 Å². The van der Waals surface area contributed by atoms with Crippen LogP contribution in [0.4, 0.5) is 4.39 Å². The standard InChI is InChI=1S/C15H20FNO/c1-9-13-7-14(10(2)17-9)15(13,8-18)11-3-5-12(16)6-4-11/h3-6,9-10,13-14,17-18H,7-8H2,1-2H3. The molecule has 1 saturated carbocycles. The minimum atomic E-state index is -0.212. The van der Waals surface area contributed by atoms with Crippen LogP contribution < -0.4 is 5.32 Å². The van der Waals surface area contributed by atoms with Gasteiger partial charge < -0.3 is 10.4 Å². The van der Waals surface area contributed by atoms with Crippen molar-refractivity contribution >= 4 is 0 Å². The normalized spacial score (nSPS) is 42.4. The van der Waals surface area contributed by atoms with Gasteiger partial charge in [-0.3, -0.25) is 0 Å². The van der Waals surface area contributed by atoms with Gasteiger partial charge in [-0.25, -0.2) is 4.39 Å². The Kier molecular flexibility index (Phi) is 2.72. The molecule has 3 aliphatic rings. The third kappa shape index (κ3) is 1.41. The smallest absolute Gasteiger partial charge is 0.123 e. The van der Waals surface area contributed by atoms with E-state index in [1.165, 1.54) is 12.1 Å². The Hall–Kier alpha value is -0.930. The first kappa shape index (κ1) is 12.1. The van der Waals surface area contributed by atoms with Crippen molar-refractivity contribution in [2.45, 2.75) is 37.8 Å². The van der Waals surface area contributed by atoms with E-state index in [0.717, 1.165) is 12.0 Å². The van der Waals surface area contributed by atoms with Gasteiger partial charge in [0.25, 0.3) is 0 Å². The van der Waals surface area contributed by atoms with E-state index < -0.39 is 0 Å². The maximum absolute atomic E-state index is 13.1. The van der Waals surface area contributed by atoms with Gasteiger partial charge in [0, 0.05) is 17.5 Å². The molecule has 0 radical (unpaired) electrons. The molecule has 3 fully saturated rings. The van der Waals surface area contributed by atoms with Crippen molar-refractivity contribution in [1.82, 2.24) is 5.32 Å². The molecule has 0 aromatic heterocycles. The SMILES string of the molecule is CC1NC(C)C2CC1C2(CO)c1ccc(F)cc1. The lowest BCUT2D eigenvalue weighted by molar-refractivity contribution is -0.0938. The second-order valence-corrected chi connectivity index (χ2v) is 5.90. The monoisotopic (exact) mass is 249 g/mol. The van der Waals surface area contributed by atoms with Crippen LogP contribution in [0.5, 0.6) is 0 Å². The molecular weight excluding hydrogens is 229 g/mol. The van der Waals surface area contributed by atoms with Gasteiger partial charge in [-0.2, -0.15) is 0 Å². The number of piperidine rings is 2. The van der Waals surface area contributed by atoms with Gasteiger partial charge in [-0.05, 0) is 49.8 Å². The lowest BCUT2D eigenvalue weighted by atomic mass is 9.44. The number of nitrogens with one attached hydrogen (secondary N) is 1. The van der Waals surface area contributed by atoms with Gasteiger partial charge in [0.1, 0.15) is 5.82 Å². The molecule has 2 bridgehead atoms. The largest absolute Gasteiger partial charge is 0.395 e. The lowest BCUT2D eigenvalue weighted by Crippen LogP contribution is -2.72. The molecule has 4 rings (SSSR count). The molecule has 2 aliphatic heterocycles.